The quantitative estimate of drug-likeness (QED) is 0.749. The molecule has 1 aromatic rings. The van der Waals surface area contributed by atoms with Gasteiger partial charge in [-0.3, -0.25) is 4.79 Å². The predicted octanol–water partition coefficient (Wildman–Crippen LogP) is 2.08. The van der Waals surface area contributed by atoms with Gasteiger partial charge >= 0.3 is 5.97 Å². The summed E-state index contributed by atoms with van der Waals surface area (Å²) in [5.41, 5.74) is 0.787. The number of hydrogen-bond acceptors (Lipinski definition) is 4. The first-order valence-corrected chi connectivity index (χ1v) is 6.05. The maximum Gasteiger partial charge on any atom is 0.313 e. The normalized spacial score (nSPS) is 15.9. The Bertz CT molecular complexity index is 423. The number of anilines is 1. The van der Waals surface area contributed by atoms with Crippen molar-refractivity contribution < 1.29 is 14.3 Å². The SMILES string of the molecule is COC(=O)C1(CN(C)c2ccc(OC)cc2)CC1. The molecule has 4 heteroatoms. The third-order valence-corrected chi connectivity index (χ3v) is 3.52. The maximum absolute atomic E-state index is 11.7. The van der Waals surface area contributed by atoms with E-state index in [9.17, 15) is 4.79 Å². The first-order chi connectivity index (χ1) is 8.61. The average Bonchev–Trinajstić information content (AvgIpc) is 3.18. The molecule has 4 nitrogen and oxygen atoms in total. The Morgan fingerprint density at radius 1 is 1.28 bits per heavy atom. The molecule has 1 aliphatic carbocycles. The van der Waals surface area contributed by atoms with E-state index in [1.807, 2.05) is 31.3 Å². The molecule has 1 saturated carbocycles. The lowest BCUT2D eigenvalue weighted by Crippen LogP contribution is -2.32. The van der Waals surface area contributed by atoms with Crippen molar-refractivity contribution in [2.75, 3.05) is 32.7 Å². The zero-order valence-corrected chi connectivity index (χ0v) is 11.1. The van der Waals surface area contributed by atoms with Gasteiger partial charge in [0.2, 0.25) is 0 Å². The Morgan fingerprint density at radius 2 is 1.89 bits per heavy atom. The Balaban J connectivity index is 2.03. The number of ether oxygens (including phenoxy) is 2. The smallest absolute Gasteiger partial charge is 0.313 e. The lowest BCUT2D eigenvalue weighted by Gasteiger charge is -2.24. The van der Waals surface area contributed by atoms with Crippen LogP contribution >= 0.6 is 0 Å². The number of methoxy groups -OCH3 is 2. The van der Waals surface area contributed by atoms with Crippen molar-refractivity contribution in [1.82, 2.24) is 0 Å². The van der Waals surface area contributed by atoms with E-state index in [4.69, 9.17) is 9.47 Å². The third kappa shape index (κ3) is 2.42. The zero-order valence-electron chi connectivity index (χ0n) is 11.1. The predicted molar refractivity (Wildman–Crippen MR) is 69.9 cm³/mol. The molecule has 0 saturated heterocycles. The molecule has 98 valence electrons. The molecular formula is C14H19NO3. The molecule has 1 fully saturated rings. The summed E-state index contributed by atoms with van der Waals surface area (Å²) in [4.78, 5) is 13.8. The second-order valence-corrected chi connectivity index (χ2v) is 4.83. The molecule has 0 heterocycles. The van der Waals surface area contributed by atoms with E-state index >= 15 is 0 Å². The van der Waals surface area contributed by atoms with Gasteiger partial charge in [-0.1, -0.05) is 0 Å². The number of carbonyl (C=O) groups excluding carboxylic acids is 1. The van der Waals surface area contributed by atoms with Gasteiger partial charge in [0, 0.05) is 19.3 Å². The summed E-state index contributed by atoms with van der Waals surface area (Å²) in [5.74, 6) is 0.740. The summed E-state index contributed by atoms with van der Waals surface area (Å²) in [6, 6.07) is 7.82. The van der Waals surface area contributed by atoms with E-state index in [-0.39, 0.29) is 11.4 Å². The number of esters is 1. The minimum atomic E-state index is -0.288. The van der Waals surface area contributed by atoms with E-state index in [1.54, 1.807) is 7.11 Å². The number of carbonyl (C=O) groups is 1. The fraction of sp³-hybridized carbons (Fsp3) is 0.500. The van der Waals surface area contributed by atoms with Gasteiger partial charge < -0.3 is 14.4 Å². The van der Waals surface area contributed by atoms with Gasteiger partial charge in [0.25, 0.3) is 0 Å². The second kappa shape index (κ2) is 4.88. The van der Waals surface area contributed by atoms with Crippen molar-refractivity contribution in [3.8, 4) is 5.75 Å². The highest BCUT2D eigenvalue weighted by Gasteiger charge is 2.51. The standard InChI is InChI=1S/C14H19NO3/c1-15(10-14(8-9-14)13(16)18-3)11-4-6-12(17-2)7-5-11/h4-7H,8-10H2,1-3H3. The molecule has 0 amide bonds. The van der Waals surface area contributed by atoms with Crippen molar-refractivity contribution in [1.29, 1.82) is 0 Å². The average molecular weight is 249 g/mol. The molecule has 18 heavy (non-hydrogen) atoms. The van der Waals surface area contributed by atoms with Gasteiger partial charge in [-0.25, -0.2) is 0 Å². The largest absolute Gasteiger partial charge is 0.497 e. The fourth-order valence-corrected chi connectivity index (χ4v) is 2.18. The minimum absolute atomic E-state index is 0.0946. The van der Waals surface area contributed by atoms with Crippen LogP contribution in [-0.2, 0) is 9.53 Å². The van der Waals surface area contributed by atoms with Gasteiger partial charge in [-0.05, 0) is 37.1 Å². The first-order valence-electron chi connectivity index (χ1n) is 6.05. The minimum Gasteiger partial charge on any atom is -0.497 e. The first kappa shape index (κ1) is 12.7. The molecule has 0 aromatic heterocycles. The second-order valence-electron chi connectivity index (χ2n) is 4.83. The highest BCUT2D eigenvalue weighted by Crippen LogP contribution is 2.47. The lowest BCUT2D eigenvalue weighted by molar-refractivity contribution is -0.146. The van der Waals surface area contributed by atoms with Crippen LogP contribution in [0.15, 0.2) is 24.3 Å². The Kier molecular flexibility index (Phi) is 3.45. The molecule has 0 bridgehead atoms. The number of hydrogen-bond donors (Lipinski definition) is 0. The number of rotatable bonds is 5. The number of benzene rings is 1. The molecule has 0 atom stereocenters. The van der Waals surface area contributed by atoms with Gasteiger partial charge in [0.1, 0.15) is 5.75 Å². The van der Waals surface area contributed by atoms with Crippen LogP contribution in [0.2, 0.25) is 0 Å². The van der Waals surface area contributed by atoms with E-state index in [1.165, 1.54) is 7.11 Å². The molecule has 0 unspecified atom stereocenters. The highest BCUT2D eigenvalue weighted by molar-refractivity contribution is 5.80. The van der Waals surface area contributed by atoms with Crippen LogP contribution < -0.4 is 9.64 Å². The summed E-state index contributed by atoms with van der Waals surface area (Å²) in [7, 11) is 5.09. The zero-order chi connectivity index (χ0) is 13.2. The molecule has 2 rings (SSSR count). The van der Waals surface area contributed by atoms with Crippen molar-refractivity contribution in [2.45, 2.75) is 12.8 Å². The van der Waals surface area contributed by atoms with Gasteiger partial charge in [-0.2, -0.15) is 0 Å². The van der Waals surface area contributed by atoms with Crippen LogP contribution in [0.4, 0.5) is 5.69 Å². The van der Waals surface area contributed by atoms with Crippen LogP contribution in [-0.4, -0.2) is 33.8 Å². The molecule has 0 spiro atoms. The van der Waals surface area contributed by atoms with Crippen molar-refractivity contribution in [3.05, 3.63) is 24.3 Å². The molecular weight excluding hydrogens is 230 g/mol. The highest BCUT2D eigenvalue weighted by atomic mass is 16.5. The summed E-state index contributed by atoms with van der Waals surface area (Å²) in [6.45, 7) is 0.700. The van der Waals surface area contributed by atoms with Crippen LogP contribution in [0.1, 0.15) is 12.8 Å². The van der Waals surface area contributed by atoms with E-state index in [0.717, 1.165) is 24.3 Å². The van der Waals surface area contributed by atoms with Gasteiger partial charge in [0.05, 0.1) is 19.6 Å². The van der Waals surface area contributed by atoms with Crippen molar-refractivity contribution in [3.63, 3.8) is 0 Å². The van der Waals surface area contributed by atoms with E-state index in [2.05, 4.69) is 4.90 Å². The molecule has 0 N–H and O–H groups in total. The van der Waals surface area contributed by atoms with Crippen molar-refractivity contribution >= 4 is 11.7 Å². The summed E-state index contributed by atoms with van der Waals surface area (Å²) >= 11 is 0. The third-order valence-electron chi connectivity index (χ3n) is 3.52. The fourth-order valence-electron chi connectivity index (χ4n) is 2.18. The van der Waals surface area contributed by atoms with Crippen LogP contribution in [0.3, 0.4) is 0 Å². The Hall–Kier alpha value is -1.71. The maximum atomic E-state index is 11.7. The van der Waals surface area contributed by atoms with Gasteiger partial charge in [0.15, 0.2) is 0 Å². The van der Waals surface area contributed by atoms with Crippen LogP contribution in [0.5, 0.6) is 5.75 Å². The Morgan fingerprint density at radius 3 is 2.33 bits per heavy atom. The molecule has 0 aliphatic heterocycles. The van der Waals surface area contributed by atoms with Crippen LogP contribution in [0, 0.1) is 5.41 Å². The van der Waals surface area contributed by atoms with E-state index in [0.29, 0.717) is 6.54 Å². The summed E-state index contributed by atoms with van der Waals surface area (Å²) in [6.07, 6.45) is 1.83. The van der Waals surface area contributed by atoms with Crippen molar-refractivity contribution in [2.24, 2.45) is 5.41 Å². The monoisotopic (exact) mass is 249 g/mol. The molecule has 1 aliphatic rings. The summed E-state index contributed by atoms with van der Waals surface area (Å²) < 4.78 is 9.99. The van der Waals surface area contributed by atoms with Crippen LogP contribution in [0.25, 0.3) is 0 Å². The summed E-state index contributed by atoms with van der Waals surface area (Å²) in [5, 5.41) is 0. The Labute approximate surface area is 107 Å². The number of nitrogens with zero attached hydrogens (tertiary/aromatic N) is 1. The lowest BCUT2D eigenvalue weighted by atomic mass is 10.1. The topological polar surface area (TPSA) is 38.8 Å². The van der Waals surface area contributed by atoms with Gasteiger partial charge in [-0.15, -0.1) is 0 Å². The van der Waals surface area contributed by atoms with E-state index < -0.39 is 0 Å². The molecule has 1 aromatic carbocycles. The molecule has 0 radical (unpaired) electrons.